The van der Waals surface area contributed by atoms with E-state index in [4.69, 9.17) is 0 Å². The highest BCUT2D eigenvalue weighted by Gasteiger charge is 2.32. The number of aliphatic hydroxyl groups is 1. The number of fused-ring (bicyclic) bond motifs is 1. The molecule has 6 heteroatoms. The summed E-state index contributed by atoms with van der Waals surface area (Å²) < 4.78 is 1.75. The first-order chi connectivity index (χ1) is 9.13. The largest absolute Gasteiger partial charge is 0.391 e. The molecular weight excluding hydrogens is 242 g/mol. The fourth-order valence-electron chi connectivity index (χ4n) is 2.73. The summed E-state index contributed by atoms with van der Waals surface area (Å²) in [7, 11) is 4.10. The van der Waals surface area contributed by atoms with E-state index in [0.29, 0.717) is 12.6 Å². The third-order valence-electron chi connectivity index (χ3n) is 3.51. The second kappa shape index (κ2) is 4.79. The van der Waals surface area contributed by atoms with Gasteiger partial charge in [-0.1, -0.05) is 0 Å². The molecule has 2 unspecified atom stereocenters. The van der Waals surface area contributed by atoms with Gasteiger partial charge in [0.15, 0.2) is 5.65 Å². The molecule has 3 heterocycles. The van der Waals surface area contributed by atoms with Gasteiger partial charge in [0.05, 0.1) is 12.3 Å². The number of hydrogen-bond donors (Lipinski definition) is 1. The van der Waals surface area contributed by atoms with Gasteiger partial charge in [-0.2, -0.15) is 5.10 Å². The first-order valence-corrected chi connectivity index (χ1v) is 6.53. The van der Waals surface area contributed by atoms with Crippen molar-refractivity contribution in [3.05, 3.63) is 24.5 Å². The number of aliphatic hydroxyl groups excluding tert-OH is 1. The normalized spacial score (nSPS) is 23.7. The lowest BCUT2D eigenvalue weighted by molar-refractivity contribution is 0.191. The number of anilines is 1. The van der Waals surface area contributed by atoms with Crippen LogP contribution in [0.4, 0.5) is 5.82 Å². The molecule has 0 bridgehead atoms. The third kappa shape index (κ3) is 2.41. The lowest BCUT2D eigenvalue weighted by Crippen LogP contribution is -2.38. The van der Waals surface area contributed by atoms with Crippen LogP contribution >= 0.6 is 0 Å². The highest BCUT2D eigenvalue weighted by molar-refractivity contribution is 5.49. The Labute approximate surface area is 112 Å². The molecule has 0 aromatic carbocycles. The van der Waals surface area contributed by atoms with Crippen LogP contribution in [0.5, 0.6) is 0 Å². The monoisotopic (exact) mass is 261 g/mol. The predicted octanol–water partition coefficient (Wildman–Crippen LogP) is 0.230. The molecule has 3 rings (SSSR count). The number of β-amino-alcohol motifs (C(OH)–C–C–N with tert-alkyl or cyclic N) is 1. The Bertz CT molecular complexity index is 567. The van der Waals surface area contributed by atoms with Gasteiger partial charge in [-0.25, -0.2) is 9.50 Å². The molecule has 6 nitrogen and oxygen atoms in total. The van der Waals surface area contributed by atoms with Crippen molar-refractivity contribution in [2.75, 3.05) is 32.1 Å². The summed E-state index contributed by atoms with van der Waals surface area (Å²) in [5.41, 5.74) is 0.836. The molecule has 19 heavy (non-hydrogen) atoms. The lowest BCUT2D eigenvalue weighted by Gasteiger charge is -2.27. The quantitative estimate of drug-likeness (QED) is 0.857. The molecule has 2 aromatic heterocycles. The van der Waals surface area contributed by atoms with Gasteiger partial charge in [0.2, 0.25) is 0 Å². The van der Waals surface area contributed by atoms with Crippen molar-refractivity contribution in [2.24, 2.45) is 0 Å². The average Bonchev–Trinajstić information content (AvgIpc) is 2.93. The summed E-state index contributed by atoms with van der Waals surface area (Å²) in [4.78, 5) is 8.94. The summed E-state index contributed by atoms with van der Waals surface area (Å²) in [6, 6.07) is 4.15. The lowest BCUT2D eigenvalue weighted by atomic mass is 10.2. The maximum atomic E-state index is 9.91. The predicted molar refractivity (Wildman–Crippen MR) is 73.3 cm³/mol. The summed E-state index contributed by atoms with van der Waals surface area (Å²) in [6.07, 6.45) is 4.18. The van der Waals surface area contributed by atoms with E-state index in [2.05, 4.69) is 34.0 Å². The summed E-state index contributed by atoms with van der Waals surface area (Å²) in [6.45, 7) is 1.57. The Morgan fingerprint density at radius 1 is 1.42 bits per heavy atom. The fourth-order valence-corrected chi connectivity index (χ4v) is 2.73. The van der Waals surface area contributed by atoms with Crippen molar-refractivity contribution in [1.82, 2.24) is 19.5 Å². The van der Waals surface area contributed by atoms with E-state index in [9.17, 15) is 5.11 Å². The van der Waals surface area contributed by atoms with Crippen LogP contribution in [0.15, 0.2) is 24.5 Å². The third-order valence-corrected chi connectivity index (χ3v) is 3.51. The number of aromatic nitrogens is 3. The first-order valence-electron chi connectivity index (χ1n) is 6.53. The van der Waals surface area contributed by atoms with Crippen LogP contribution in [-0.2, 0) is 0 Å². The summed E-state index contributed by atoms with van der Waals surface area (Å²) in [5.74, 6) is 0.913. The zero-order chi connectivity index (χ0) is 13.4. The minimum absolute atomic E-state index is 0.270. The molecule has 1 saturated heterocycles. The van der Waals surface area contributed by atoms with Crippen molar-refractivity contribution >= 4 is 11.5 Å². The maximum absolute atomic E-state index is 9.91. The van der Waals surface area contributed by atoms with Crippen LogP contribution in [0.25, 0.3) is 5.65 Å². The second-order valence-corrected chi connectivity index (χ2v) is 5.38. The minimum Gasteiger partial charge on any atom is -0.391 e. The molecule has 2 atom stereocenters. The van der Waals surface area contributed by atoms with E-state index >= 15 is 0 Å². The number of likely N-dealkylation sites (N-methyl/N-ethyl adjacent to an activating group) is 1. The zero-order valence-electron chi connectivity index (χ0n) is 11.3. The van der Waals surface area contributed by atoms with Gasteiger partial charge in [-0.05, 0) is 26.6 Å². The molecule has 0 radical (unpaired) electrons. The highest BCUT2D eigenvalue weighted by Crippen LogP contribution is 2.24. The zero-order valence-corrected chi connectivity index (χ0v) is 11.3. The molecule has 0 saturated carbocycles. The summed E-state index contributed by atoms with van der Waals surface area (Å²) >= 11 is 0. The van der Waals surface area contributed by atoms with Gasteiger partial charge in [-0.15, -0.1) is 0 Å². The Kier molecular flexibility index (Phi) is 3.12. The van der Waals surface area contributed by atoms with E-state index in [0.717, 1.165) is 24.4 Å². The van der Waals surface area contributed by atoms with Crippen LogP contribution < -0.4 is 4.90 Å². The molecule has 1 N–H and O–H groups in total. The SMILES string of the molecule is CN(C)CC1CC(O)CN1c1ccn2nccc2n1. The van der Waals surface area contributed by atoms with Crippen molar-refractivity contribution in [2.45, 2.75) is 18.6 Å². The molecule has 0 aliphatic carbocycles. The summed E-state index contributed by atoms with van der Waals surface area (Å²) in [5, 5.41) is 14.1. The molecular formula is C13H19N5O. The Hall–Kier alpha value is -1.66. The van der Waals surface area contributed by atoms with Crippen molar-refractivity contribution in [3.8, 4) is 0 Å². The van der Waals surface area contributed by atoms with Gasteiger partial charge in [0, 0.05) is 31.4 Å². The van der Waals surface area contributed by atoms with Crippen LogP contribution in [0.3, 0.4) is 0 Å². The van der Waals surface area contributed by atoms with Crippen molar-refractivity contribution < 1.29 is 5.11 Å². The molecule has 0 amide bonds. The van der Waals surface area contributed by atoms with Crippen LogP contribution in [0.2, 0.25) is 0 Å². The van der Waals surface area contributed by atoms with Crippen LogP contribution in [0.1, 0.15) is 6.42 Å². The topological polar surface area (TPSA) is 56.9 Å². The van der Waals surface area contributed by atoms with Gasteiger partial charge < -0.3 is 14.9 Å². The number of hydrogen-bond acceptors (Lipinski definition) is 5. The number of nitrogens with zero attached hydrogens (tertiary/aromatic N) is 5. The highest BCUT2D eigenvalue weighted by atomic mass is 16.3. The molecule has 1 aliphatic heterocycles. The molecule has 102 valence electrons. The minimum atomic E-state index is -0.270. The number of rotatable bonds is 3. The van der Waals surface area contributed by atoms with E-state index in [-0.39, 0.29) is 6.10 Å². The van der Waals surface area contributed by atoms with E-state index in [1.54, 1.807) is 10.7 Å². The molecule has 0 spiro atoms. The van der Waals surface area contributed by atoms with Gasteiger partial charge in [0.25, 0.3) is 0 Å². The van der Waals surface area contributed by atoms with Gasteiger partial charge >= 0.3 is 0 Å². The van der Waals surface area contributed by atoms with Crippen LogP contribution in [0, 0.1) is 0 Å². The van der Waals surface area contributed by atoms with Gasteiger partial charge in [-0.3, -0.25) is 0 Å². The smallest absolute Gasteiger partial charge is 0.157 e. The van der Waals surface area contributed by atoms with Crippen LogP contribution in [-0.4, -0.2) is 63.9 Å². The molecule has 2 aromatic rings. The Morgan fingerprint density at radius 3 is 3.05 bits per heavy atom. The molecule has 1 fully saturated rings. The van der Waals surface area contributed by atoms with E-state index in [1.807, 2.05) is 18.3 Å². The Morgan fingerprint density at radius 2 is 2.26 bits per heavy atom. The maximum Gasteiger partial charge on any atom is 0.157 e. The Balaban J connectivity index is 1.89. The van der Waals surface area contributed by atoms with E-state index < -0.39 is 0 Å². The van der Waals surface area contributed by atoms with E-state index in [1.165, 1.54) is 0 Å². The van der Waals surface area contributed by atoms with Gasteiger partial charge in [0.1, 0.15) is 5.82 Å². The fraction of sp³-hybridized carbons (Fsp3) is 0.538. The standard InChI is InChI=1S/C13H19N5O/c1-16(2)8-10-7-11(19)9-17(10)12-4-6-18-13(15-12)3-5-14-18/h3-6,10-11,19H,7-9H2,1-2H3. The van der Waals surface area contributed by atoms with Crippen molar-refractivity contribution in [1.29, 1.82) is 0 Å². The van der Waals surface area contributed by atoms with Crippen molar-refractivity contribution in [3.63, 3.8) is 0 Å². The molecule has 1 aliphatic rings. The second-order valence-electron chi connectivity index (χ2n) is 5.38. The first kappa shape index (κ1) is 12.4. The average molecular weight is 261 g/mol.